The summed E-state index contributed by atoms with van der Waals surface area (Å²) >= 11 is 0. The Hall–Kier alpha value is -1.62. The van der Waals surface area contributed by atoms with Crippen molar-refractivity contribution in [2.75, 3.05) is 13.2 Å². The Morgan fingerprint density at radius 3 is 2.61 bits per heavy atom. The lowest BCUT2D eigenvalue weighted by Crippen LogP contribution is -1.99. The number of ether oxygens (including phenoxy) is 1. The van der Waals surface area contributed by atoms with Crippen molar-refractivity contribution in [1.82, 2.24) is 0 Å². The Balaban J connectivity index is 2.35. The van der Waals surface area contributed by atoms with E-state index in [1.807, 2.05) is 0 Å². The number of aliphatic hydroxyl groups excluding tert-OH is 1. The molecule has 5 heteroatoms. The van der Waals surface area contributed by atoms with Gasteiger partial charge in [0.15, 0.2) is 0 Å². The highest BCUT2D eigenvalue weighted by molar-refractivity contribution is 5.44. The number of unbranched alkanes of at least 4 members (excludes halogenated alkanes) is 3. The Kier molecular flexibility index (Phi) is 6.14. The molecule has 0 amide bonds. The number of rotatable bonds is 8. The highest BCUT2D eigenvalue weighted by atomic mass is 16.6. The van der Waals surface area contributed by atoms with Crippen LogP contribution in [0.15, 0.2) is 18.2 Å². The molecule has 0 saturated carbocycles. The van der Waals surface area contributed by atoms with Gasteiger partial charge in [-0.15, -0.1) is 0 Å². The van der Waals surface area contributed by atoms with Crippen LogP contribution in [0.4, 0.5) is 5.69 Å². The molecular weight excluding hydrogens is 234 g/mol. The summed E-state index contributed by atoms with van der Waals surface area (Å²) < 4.78 is 5.52. The van der Waals surface area contributed by atoms with Crippen LogP contribution in [0.5, 0.6) is 5.75 Å². The number of hydrogen-bond donors (Lipinski definition) is 1. The average molecular weight is 253 g/mol. The van der Waals surface area contributed by atoms with Gasteiger partial charge in [0, 0.05) is 18.2 Å². The molecule has 1 aromatic rings. The van der Waals surface area contributed by atoms with Crippen molar-refractivity contribution in [2.24, 2.45) is 0 Å². The third-order valence-corrected chi connectivity index (χ3v) is 2.69. The minimum absolute atomic E-state index is 0.116. The van der Waals surface area contributed by atoms with Gasteiger partial charge in [-0.2, -0.15) is 0 Å². The van der Waals surface area contributed by atoms with Crippen LogP contribution in [-0.4, -0.2) is 23.2 Å². The zero-order valence-electron chi connectivity index (χ0n) is 10.6. The standard InChI is InChI=1S/C13H19NO4/c1-11-10-12(6-7-13(11)14(16)17)18-9-5-3-2-4-8-15/h6-7,10,15H,2-5,8-9H2,1H3. The molecule has 100 valence electrons. The lowest BCUT2D eigenvalue weighted by molar-refractivity contribution is -0.385. The third-order valence-electron chi connectivity index (χ3n) is 2.69. The molecule has 5 nitrogen and oxygen atoms in total. The second-order valence-corrected chi connectivity index (χ2v) is 4.19. The molecule has 1 rings (SSSR count). The molecule has 0 aliphatic rings. The van der Waals surface area contributed by atoms with Crippen molar-refractivity contribution in [3.8, 4) is 5.75 Å². The largest absolute Gasteiger partial charge is 0.494 e. The first-order valence-corrected chi connectivity index (χ1v) is 6.14. The van der Waals surface area contributed by atoms with E-state index in [9.17, 15) is 10.1 Å². The maximum absolute atomic E-state index is 10.6. The van der Waals surface area contributed by atoms with E-state index in [0.717, 1.165) is 25.7 Å². The van der Waals surface area contributed by atoms with Crippen molar-refractivity contribution in [3.05, 3.63) is 33.9 Å². The summed E-state index contributed by atoms with van der Waals surface area (Å²) in [7, 11) is 0. The van der Waals surface area contributed by atoms with Crippen LogP contribution in [0.2, 0.25) is 0 Å². The van der Waals surface area contributed by atoms with E-state index in [1.54, 1.807) is 19.1 Å². The summed E-state index contributed by atoms with van der Waals surface area (Å²) in [5.74, 6) is 0.667. The molecule has 0 heterocycles. The number of nitro groups is 1. The molecule has 0 fully saturated rings. The van der Waals surface area contributed by atoms with E-state index in [-0.39, 0.29) is 12.3 Å². The second-order valence-electron chi connectivity index (χ2n) is 4.19. The van der Waals surface area contributed by atoms with Crippen LogP contribution >= 0.6 is 0 Å². The Labute approximate surface area is 107 Å². The average Bonchev–Trinajstić information content (AvgIpc) is 2.33. The van der Waals surface area contributed by atoms with E-state index in [4.69, 9.17) is 9.84 Å². The van der Waals surface area contributed by atoms with Crippen molar-refractivity contribution in [1.29, 1.82) is 0 Å². The number of hydrogen-bond acceptors (Lipinski definition) is 4. The quantitative estimate of drug-likeness (QED) is 0.439. The fourth-order valence-electron chi connectivity index (χ4n) is 1.68. The van der Waals surface area contributed by atoms with E-state index in [2.05, 4.69) is 0 Å². The van der Waals surface area contributed by atoms with E-state index >= 15 is 0 Å². The van der Waals surface area contributed by atoms with Crippen molar-refractivity contribution in [2.45, 2.75) is 32.6 Å². The molecule has 0 atom stereocenters. The van der Waals surface area contributed by atoms with Gasteiger partial charge in [-0.25, -0.2) is 0 Å². The van der Waals surface area contributed by atoms with Crippen LogP contribution in [0, 0.1) is 17.0 Å². The van der Waals surface area contributed by atoms with E-state index < -0.39 is 4.92 Å². The summed E-state index contributed by atoms with van der Waals surface area (Å²) in [6.45, 7) is 2.54. The van der Waals surface area contributed by atoms with Crippen LogP contribution in [0.3, 0.4) is 0 Å². The lowest BCUT2D eigenvalue weighted by atomic mass is 10.2. The zero-order valence-corrected chi connectivity index (χ0v) is 10.6. The molecule has 0 spiro atoms. The molecule has 0 radical (unpaired) electrons. The van der Waals surface area contributed by atoms with E-state index in [0.29, 0.717) is 17.9 Å². The van der Waals surface area contributed by atoms with Gasteiger partial charge >= 0.3 is 0 Å². The number of aliphatic hydroxyl groups is 1. The monoisotopic (exact) mass is 253 g/mol. The highest BCUT2D eigenvalue weighted by Crippen LogP contribution is 2.23. The first-order valence-electron chi connectivity index (χ1n) is 6.14. The molecule has 0 aliphatic heterocycles. The van der Waals surface area contributed by atoms with Gasteiger partial charge < -0.3 is 9.84 Å². The molecule has 1 N–H and O–H groups in total. The lowest BCUT2D eigenvalue weighted by Gasteiger charge is -2.06. The Bertz CT molecular complexity index is 393. The summed E-state index contributed by atoms with van der Waals surface area (Å²) in [5.41, 5.74) is 0.725. The van der Waals surface area contributed by atoms with Crippen LogP contribution in [0.1, 0.15) is 31.2 Å². The van der Waals surface area contributed by atoms with Crippen molar-refractivity contribution < 1.29 is 14.8 Å². The summed E-state index contributed by atoms with van der Waals surface area (Å²) in [6, 6.07) is 4.78. The molecule has 0 saturated heterocycles. The Morgan fingerprint density at radius 2 is 2.00 bits per heavy atom. The fraction of sp³-hybridized carbons (Fsp3) is 0.538. The van der Waals surface area contributed by atoms with Gasteiger partial charge in [-0.1, -0.05) is 6.42 Å². The minimum Gasteiger partial charge on any atom is -0.494 e. The predicted molar refractivity (Wildman–Crippen MR) is 68.9 cm³/mol. The van der Waals surface area contributed by atoms with Gasteiger partial charge in [0.1, 0.15) is 5.75 Å². The van der Waals surface area contributed by atoms with Crippen LogP contribution in [-0.2, 0) is 0 Å². The number of nitrogens with zero attached hydrogens (tertiary/aromatic N) is 1. The summed E-state index contributed by atoms with van der Waals surface area (Å²) in [5, 5.41) is 19.3. The molecule has 0 unspecified atom stereocenters. The number of aryl methyl sites for hydroxylation is 1. The van der Waals surface area contributed by atoms with Gasteiger partial charge in [0.25, 0.3) is 5.69 Å². The molecule has 18 heavy (non-hydrogen) atoms. The summed E-state index contributed by atoms with van der Waals surface area (Å²) in [4.78, 5) is 10.2. The maximum Gasteiger partial charge on any atom is 0.272 e. The van der Waals surface area contributed by atoms with Crippen molar-refractivity contribution in [3.63, 3.8) is 0 Å². The SMILES string of the molecule is Cc1cc(OCCCCCCO)ccc1[N+](=O)[O-]. The highest BCUT2D eigenvalue weighted by Gasteiger charge is 2.10. The van der Waals surface area contributed by atoms with Gasteiger partial charge in [-0.05, 0) is 38.3 Å². The van der Waals surface area contributed by atoms with Gasteiger partial charge in [0.2, 0.25) is 0 Å². The first-order chi connectivity index (χ1) is 8.65. The fourth-order valence-corrected chi connectivity index (χ4v) is 1.68. The van der Waals surface area contributed by atoms with Crippen molar-refractivity contribution >= 4 is 5.69 Å². The smallest absolute Gasteiger partial charge is 0.272 e. The van der Waals surface area contributed by atoms with Crippen LogP contribution < -0.4 is 4.74 Å². The number of nitro benzene ring substituents is 1. The molecular formula is C13H19NO4. The second kappa shape index (κ2) is 7.66. The van der Waals surface area contributed by atoms with E-state index in [1.165, 1.54) is 6.07 Å². The maximum atomic E-state index is 10.6. The number of benzene rings is 1. The topological polar surface area (TPSA) is 72.6 Å². The zero-order chi connectivity index (χ0) is 13.4. The molecule has 0 aliphatic carbocycles. The molecule has 1 aromatic carbocycles. The molecule has 0 aromatic heterocycles. The first kappa shape index (κ1) is 14.4. The predicted octanol–water partition coefficient (Wildman–Crippen LogP) is 2.83. The van der Waals surface area contributed by atoms with Crippen LogP contribution in [0.25, 0.3) is 0 Å². The molecule has 0 bridgehead atoms. The minimum atomic E-state index is -0.395. The van der Waals surface area contributed by atoms with Gasteiger partial charge in [-0.3, -0.25) is 10.1 Å². The Morgan fingerprint density at radius 1 is 1.28 bits per heavy atom. The third kappa shape index (κ3) is 4.71. The normalized spacial score (nSPS) is 10.3. The van der Waals surface area contributed by atoms with Gasteiger partial charge in [0.05, 0.1) is 11.5 Å². The summed E-state index contributed by atoms with van der Waals surface area (Å²) in [6.07, 6.45) is 3.78.